The van der Waals surface area contributed by atoms with E-state index in [9.17, 15) is 4.79 Å². The van der Waals surface area contributed by atoms with Gasteiger partial charge in [0, 0.05) is 0 Å². The maximum Gasteiger partial charge on any atom is 0.309 e. The van der Waals surface area contributed by atoms with Gasteiger partial charge in [0.1, 0.15) is 6.61 Å². The molecule has 0 unspecified atom stereocenters. The van der Waals surface area contributed by atoms with Gasteiger partial charge in [-0.25, -0.2) is 9.78 Å². The predicted molar refractivity (Wildman–Crippen MR) is 79.4 cm³/mol. The second-order valence-corrected chi connectivity index (χ2v) is 4.58. The number of ether oxygens (including phenoxy) is 1. The number of hydrogen-bond donors (Lipinski definition) is 0. The van der Waals surface area contributed by atoms with Crippen molar-refractivity contribution in [2.45, 2.75) is 13.0 Å². The number of benzene rings is 2. The molecule has 0 N–H and O–H groups in total. The summed E-state index contributed by atoms with van der Waals surface area (Å²) in [6, 6.07) is 15.9. The van der Waals surface area contributed by atoms with E-state index in [4.69, 9.17) is 4.89 Å². The number of rotatable bonds is 6. The molecule has 2 aromatic rings. The zero-order valence-corrected chi connectivity index (χ0v) is 12.2. The van der Waals surface area contributed by atoms with E-state index >= 15 is 0 Å². The lowest BCUT2D eigenvalue weighted by Crippen LogP contribution is -2.04. The average Bonchev–Trinajstić information content (AvgIpc) is 2.54. The molecule has 0 radical (unpaired) electrons. The summed E-state index contributed by atoms with van der Waals surface area (Å²) < 4.78 is 4.65. The summed E-state index contributed by atoms with van der Waals surface area (Å²) in [5.74, 6) is -0.231. The van der Waals surface area contributed by atoms with Crippen molar-refractivity contribution in [1.82, 2.24) is 0 Å². The number of esters is 1. The van der Waals surface area contributed by atoms with Gasteiger partial charge in [-0.05, 0) is 22.3 Å². The van der Waals surface area contributed by atoms with Gasteiger partial charge in [-0.1, -0.05) is 48.5 Å². The minimum absolute atomic E-state index is 0.231. The third-order valence-corrected chi connectivity index (χ3v) is 3.16. The van der Waals surface area contributed by atoms with Crippen LogP contribution in [0.4, 0.5) is 0 Å². The van der Waals surface area contributed by atoms with Gasteiger partial charge in [0.25, 0.3) is 0 Å². The summed E-state index contributed by atoms with van der Waals surface area (Å²) in [4.78, 5) is 20.7. The van der Waals surface area contributed by atoms with Crippen LogP contribution in [0, 0.1) is 0 Å². The highest BCUT2D eigenvalue weighted by Gasteiger charge is 2.03. The molecule has 0 spiro atoms. The fourth-order valence-electron chi connectivity index (χ4n) is 1.97. The van der Waals surface area contributed by atoms with E-state index in [2.05, 4.69) is 9.62 Å². The molecule has 2 aromatic carbocycles. The summed E-state index contributed by atoms with van der Waals surface area (Å²) in [6.45, 7) is 0.425. The SMILES string of the molecule is COOCc1ccc(-c2ccc(CC(=O)OC)cc2)cc1. The fourth-order valence-corrected chi connectivity index (χ4v) is 1.97. The van der Waals surface area contributed by atoms with E-state index in [-0.39, 0.29) is 5.97 Å². The van der Waals surface area contributed by atoms with Crippen LogP contribution in [0.25, 0.3) is 11.1 Å². The second-order valence-electron chi connectivity index (χ2n) is 4.58. The molecule has 4 nitrogen and oxygen atoms in total. The first-order valence-electron chi connectivity index (χ1n) is 6.63. The van der Waals surface area contributed by atoms with Crippen LogP contribution >= 0.6 is 0 Å². The maximum atomic E-state index is 11.2. The average molecular weight is 286 g/mol. The van der Waals surface area contributed by atoms with E-state index < -0.39 is 0 Å². The van der Waals surface area contributed by atoms with Crippen LogP contribution in [0.2, 0.25) is 0 Å². The Morgan fingerprint density at radius 2 is 1.38 bits per heavy atom. The number of carbonyl (C=O) groups excluding carboxylic acids is 1. The topological polar surface area (TPSA) is 44.8 Å². The molecule has 4 heteroatoms. The summed E-state index contributed by atoms with van der Waals surface area (Å²) in [5.41, 5.74) is 4.20. The first-order valence-corrected chi connectivity index (χ1v) is 6.63. The largest absolute Gasteiger partial charge is 0.469 e. The van der Waals surface area contributed by atoms with Crippen LogP contribution in [0.15, 0.2) is 48.5 Å². The molecule has 21 heavy (non-hydrogen) atoms. The Hall–Kier alpha value is -2.17. The number of methoxy groups -OCH3 is 1. The Balaban J connectivity index is 2.06. The van der Waals surface area contributed by atoms with Crippen LogP contribution in [-0.4, -0.2) is 20.2 Å². The van der Waals surface area contributed by atoms with Crippen molar-refractivity contribution in [3.8, 4) is 11.1 Å². The highest BCUT2D eigenvalue weighted by molar-refractivity contribution is 5.73. The van der Waals surface area contributed by atoms with Crippen molar-refractivity contribution in [1.29, 1.82) is 0 Å². The van der Waals surface area contributed by atoms with Crippen molar-refractivity contribution >= 4 is 5.97 Å². The van der Waals surface area contributed by atoms with Crippen molar-refractivity contribution in [3.63, 3.8) is 0 Å². The molecule has 0 saturated carbocycles. The first kappa shape index (κ1) is 15.2. The van der Waals surface area contributed by atoms with E-state index in [1.807, 2.05) is 48.5 Å². The number of hydrogen-bond acceptors (Lipinski definition) is 4. The lowest BCUT2D eigenvalue weighted by molar-refractivity contribution is -0.282. The zero-order chi connectivity index (χ0) is 15.1. The van der Waals surface area contributed by atoms with Crippen LogP contribution in [0.3, 0.4) is 0 Å². The predicted octanol–water partition coefficient (Wildman–Crippen LogP) is 3.15. The molecular weight excluding hydrogens is 268 g/mol. The lowest BCUT2D eigenvalue weighted by Gasteiger charge is -2.06. The van der Waals surface area contributed by atoms with Crippen molar-refractivity contribution < 1.29 is 19.3 Å². The number of carbonyl (C=O) groups is 1. The quantitative estimate of drug-likeness (QED) is 0.465. The first-order chi connectivity index (χ1) is 10.2. The molecule has 0 amide bonds. The van der Waals surface area contributed by atoms with E-state index in [1.54, 1.807) is 0 Å². The minimum Gasteiger partial charge on any atom is -0.469 e. The van der Waals surface area contributed by atoms with Gasteiger partial charge in [0.15, 0.2) is 0 Å². The molecule has 2 rings (SSSR count). The van der Waals surface area contributed by atoms with Crippen LogP contribution in [0.5, 0.6) is 0 Å². The molecular formula is C17H18O4. The summed E-state index contributed by atoms with van der Waals surface area (Å²) in [5, 5.41) is 0. The molecule has 0 atom stereocenters. The van der Waals surface area contributed by atoms with Gasteiger partial charge in [0.05, 0.1) is 20.6 Å². The smallest absolute Gasteiger partial charge is 0.309 e. The monoisotopic (exact) mass is 286 g/mol. The van der Waals surface area contributed by atoms with Gasteiger partial charge < -0.3 is 4.74 Å². The normalized spacial score (nSPS) is 10.4. The van der Waals surface area contributed by atoms with Crippen LogP contribution < -0.4 is 0 Å². The third-order valence-electron chi connectivity index (χ3n) is 3.16. The molecule has 0 bridgehead atoms. The van der Waals surface area contributed by atoms with Crippen molar-refractivity contribution in [3.05, 3.63) is 59.7 Å². The minimum atomic E-state index is -0.231. The molecule has 110 valence electrons. The summed E-state index contributed by atoms with van der Waals surface area (Å²) in [7, 11) is 2.88. The molecule has 0 aromatic heterocycles. The Kier molecular flexibility index (Phi) is 5.49. The van der Waals surface area contributed by atoms with Crippen molar-refractivity contribution in [2.24, 2.45) is 0 Å². The van der Waals surface area contributed by atoms with E-state index in [0.717, 1.165) is 22.3 Å². The Morgan fingerprint density at radius 3 is 1.86 bits per heavy atom. The highest BCUT2D eigenvalue weighted by atomic mass is 17.2. The van der Waals surface area contributed by atoms with Gasteiger partial charge in [-0.15, -0.1) is 0 Å². The molecule has 0 aliphatic carbocycles. The molecule has 0 saturated heterocycles. The molecule has 0 heterocycles. The van der Waals surface area contributed by atoms with Gasteiger partial charge >= 0.3 is 5.97 Å². The Morgan fingerprint density at radius 1 is 0.857 bits per heavy atom. The third kappa shape index (κ3) is 4.41. The van der Waals surface area contributed by atoms with Crippen LogP contribution in [0.1, 0.15) is 11.1 Å². The van der Waals surface area contributed by atoms with Gasteiger partial charge in [-0.3, -0.25) is 4.79 Å². The highest BCUT2D eigenvalue weighted by Crippen LogP contribution is 2.21. The van der Waals surface area contributed by atoms with Crippen LogP contribution in [-0.2, 0) is 32.3 Å². The molecule has 0 fully saturated rings. The Bertz CT molecular complexity index is 573. The fraction of sp³-hybridized carbons (Fsp3) is 0.235. The lowest BCUT2D eigenvalue weighted by atomic mass is 10.0. The summed E-state index contributed by atoms with van der Waals surface area (Å²) in [6.07, 6.45) is 0.296. The zero-order valence-electron chi connectivity index (χ0n) is 12.2. The van der Waals surface area contributed by atoms with Gasteiger partial charge in [-0.2, -0.15) is 0 Å². The second kappa shape index (κ2) is 7.57. The van der Waals surface area contributed by atoms with Gasteiger partial charge in [0.2, 0.25) is 0 Å². The molecule has 0 aliphatic heterocycles. The summed E-state index contributed by atoms with van der Waals surface area (Å²) >= 11 is 0. The van der Waals surface area contributed by atoms with E-state index in [1.165, 1.54) is 14.2 Å². The standard InChI is InChI=1S/C17H18O4/c1-19-17(18)11-13-3-7-15(8-4-13)16-9-5-14(6-10-16)12-21-20-2/h3-10H,11-12H2,1-2H3. The van der Waals surface area contributed by atoms with Crippen molar-refractivity contribution in [2.75, 3.05) is 14.2 Å². The Labute approximate surface area is 124 Å². The molecule has 0 aliphatic rings. The van der Waals surface area contributed by atoms with E-state index in [0.29, 0.717) is 13.0 Å². The maximum absolute atomic E-state index is 11.2.